The van der Waals surface area contributed by atoms with E-state index in [4.69, 9.17) is 9.97 Å². The predicted octanol–water partition coefficient (Wildman–Crippen LogP) is 7.24. The van der Waals surface area contributed by atoms with E-state index in [1.54, 1.807) is 0 Å². The molecule has 0 aliphatic heterocycles. The number of nitrogens with zero attached hydrogens (tertiary/aromatic N) is 4. The average Bonchev–Trinajstić information content (AvgIpc) is 3.41. The Hall–Kier alpha value is -3.45. The molecule has 4 heterocycles. The fourth-order valence-electron chi connectivity index (χ4n) is 6.41. The van der Waals surface area contributed by atoms with E-state index in [1.165, 1.54) is 69.3 Å². The summed E-state index contributed by atoms with van der Waals surface area (Å²) in [5, 5.41) is 12.4. The fraction of sp³-hybridized carbons (Fsp3) is 0.353. The first-order valence-electron chi connectivity index (χ1n) is 14.6. The van der Waals surface area contributed by atoms with Gasteiger partial charge in [0.2, 0.25) is 0 Å². The molecular formula is C34H41ClN6. The number of aryl methyl sites for hydroxylation is 4. The maximum absolute atomic E-state index is 4.89. The Morgan fingerprint density at radius 3 is 1.44 bits per heavy atom. The van der Waals surface area contributed by atoms with Crippen molar-refractivity contribution in [3.05, 3.63) is 83.4 Å². The van der Waals surface area contributed by atoms with Gasteiger partial charge in [-0.05, 0) is 64.0 Å². The second-order valence-corrected chi connectivity index (χ2v) is 11.1. The molecule has 0 saturated heterocycles. The largest absolute Gasteiger partial charge is 0.342 e. The molecular weight excluding hydrogens is 528 g/mol. The molecule has 0 unspecified atom stereocenters. The van der Waals surface area contributed by atoms with Gasteiger partial charge in [0.15, 0.2) is 0 Å². The van der Waals surface area contributed by atoms with Crippen LogP contribution < -0.4 is 10.6 Å². The number of hydrogen-bond donors (Lipinski definition) is 2. The molecule has 6 rings (SSSR count). The minimum Gasteiger partial charge on any atom is -0.342 e. The van der Waals surface area contributed by atoms with E-state index < -0.39 is 0 Å². The number of benzene rings is 2. The number of hydrogen-bond acceptors (Lipinski definition) is 4. The van der Waals surface area contributed by atoms with Crippen LogP contribution >= 0.6 is 12.4 Å². The Bertz CT molecular complexity index is 1680. The van der Waals surface area contributed by atoms with Crippen molar-refractivity contribution >= 4 is 56.0 Å². The van der Waals surface area contributed by atoms with Gasteiger partial charge < -0.3 is 19.8 Å². The fourth-order valence-corrected chi connectivity index (χ4v) is 6.41. The molecule has 2 N–H and O–H groups in total. The Morgan fingerprint density at radius 1 is 0.585 bits per heavy atom. The van der Waals surface area contributed by atoms with Crippen molar-refractivity contribution in [1.82, 2.24) is 29.7 Å². The number of fused-ring (bicyclic) bond motifs is 6. The van der Waals surface area contributed by atoms with Crippen LogP contribution in [0.15, 0.2) is 60.7 Å². The van der Waals surface area contributed by atoms with Gasteiger partial charge in [-0.2, -0.15) is 0 Å². The van der Waals surface area contributed by atoms with E-state index in [9.17, 15) is 0 Å². The van der Waals surface area contributed by atoms with E-state index in [2.05, 4.69) is 108 Å². The summed E-state index contributed by atoms with van der Waals surface area (Å²) < 4.78 is 4.53. The van der Waals surface area contributed by atoms with Gasteiger partial charge in [0.25, 0.3) is 0 Å². The van der Waals surface area contributed by atoms with Crippen LogP contribution in [0.5, 0.6) is 0 Å². The molecule has 0 spiro atoms. The number of rotatable bonds is 11. The molecule has 7 heteroatoms. The molecule has 6 nitrogen and oxygen atoms in total. The summed E-state index contributed by atoms with van der Waals surface area (Å²) in [6, 6.07) is 21.8. The smallest absolute Gasteiger partial charge is 0.0705 e. The van der Waals surface area contributed by atoms with Crippen LogP contribution in [0.2, 0.25) is 0 Å². The van der Waals surface area contributed by atoms with Crippen molar-refractivity contribution in [1.29, 1.82) is 0 Å². The lowest BCUT2D eigenvalue weighted by Crippen LogP contribution is -2.17. The van der Waals surface area contributed by atoms with Crippen LogP contribution in [-0.2, 0) is 27.2 Å². The lowest BCUT2D eigenvalue weighted by Gasteiger charge is -2.08. The van der Waals surface area contributed by atoms with Gasteiger partial charge in [-0.25, -0.2) is 0 Å². The quantitative estimate of drug-likeness (QED) is 0.162. The van der Waals surface area contributed by atoms with Gasteiger partial charge >= 0.3 is 0 Å². The van der Waals surface area contributed by atoms with Crippen molar-refractivity contribution in [2.24, 2.45) is 14.1 Å². The SMILES string of the molecule is Cc1nc(CNCCCCCCNCc2cc3c4ccccc4n(C)c3c(C)n2)cc2c3ccccc3n(C)c12.Cl. The molecule has 0 aliphatic carbocycles. The van der Waals surface area contributed by atoms with Gasteiger partial charge in [0, 0.05) is 59.8 Å². The normalized spacial score (nSPS) is 11.7. The lowest BCUT2D eigenvalue weighted by atomic mass is 10.1. The summed E-state index contributed by atoms with van der Waals surface area (Å²) in [4.78, 5) is 9.78. The summed E-state index contributed by atoms with van der Waals surface area (Å²) >= 11 is 0. The molecule has 0 aliphatic rings. The molecule has 0 amide bonds. The van der Waals surface area contributed by atoms with Crippen molar-refractivity contribution < 1.29 is 0 Å². The van der Waals surface area contributed by atoms with E-state index in [1.807, 2.05) is 0 Å². The average molecular weight is 569 g/mol. The Labute approximate surface area is 248 Å². The predicted molar refractivity (Wildman–Crippen MR) is 175 cm³/mol. The molecule has 41 heavy (non-hydrogen) atoms. The number of aromatic nitrogens is 4. The molecule has 0 atom stereocenters. The first kappa shape index (κ1) is 29.1. The van der Waals surface area contributed by atoms with Crippen LogP contribution in [0, 0.1) is 13.8 Å². The molecule has 214 valence electrons. The Kier molecular flexibility index (Phi) is 8.93. The molecule has 0 saturated carbocycles. The summed E-state index contributed by atoms with van der Waals surface area (Å²) in [5.74, 6) is 0. The minimum atomic E-state index is 0. The van der Waals surface area contributed by atoms with Crippen molar-refractivity contribution in [3.63, 3.8) is 0 Å². The number of nitrogens with one attached hydrogen (secondary N) is 2. The van der Waals surface area contributed by atoms with Crippen LogP contribution in [0.25, 0.3) is 43.6 Å². The van der Waals surface area contributed by atoms with E-state index in [-0.39, 0.29) is 12.4 Å². The summed E-state index contributed by atoms with van der Waals surface area (Å²) in [6.45, 7) is 7.92. The van der Waals surface area contributed by atoms with Crippen molar-refractivity contribution in [2.75, 3.05) is 13.1 Å². The molecule has 0 radical (unpaired) electrons. The number of pyridine rings is 2. The first-order valence-corrected chi connectivity index (χ1v) is 14.6. The maximum Gasteiger partial charge on any atom is 0.0705 e. The zero-order chi connectivity index (χ0) is 27.6. The van der Waals surface area contributed by atoms with Gasteiger partial charge in [-0.3, -0.25) is 9.97 Å². The zero-order valence-corrected chi connectivity index (χ0v) is 25.4. The van der Waals surface area contributed by atoms with Crippen molar-refractivity contribution in [3.8, 4) is 0 Å². The number of halogens is 1. The van der Waals surface area contributed by atoms with Crippen LogP contribution in [-0.4, -0.2) is 32.2 Å². The molecule has 2 aromatic carbocycles. The highest BCUT2D eigenvalue weighted by atomic mass is 35.5. The highest BCUT2D eigenvalue weighted by molar-refractivity contribution is 6.09. The standard InChI is InChI=1S/C34H40N6.ClH/c1-23-33-29(27-13-7-9-15-31(27)39(33)3)19-25(37-23)21-35-17-11-5-6-12-18-36-22-26-20-30-28-14-8-10-16-32(28)40(4)34(30)24(2)38-26;/h7-10,13-16,19-20,35-36H,5-6,11-12,17-18,21-22H2,1-4H3;1H. The summed E-state index contributed by atoms with van der Waals surface area (Å²) in [5.41, 5.74) is 9.44. The molecule has 0 bridgehead atoms. The first-order chi connectivity index (χ1) is 19.5. The third-order valence-corrected chi connectivity index (χ3v) is 8.29. The summed E-state index contributed by atoms with van der Waals surface area (Å²) in [6.07, 6.45) is 4.85. The lowest BCUT2D eigenvalue weighted by molar-refractivity contribution is 0.559. The highest BCUT2D eigenvalue weighted by Gasteiger charge is 2.13. The molecule has 0 fully saturated rings. The zero-order valence-electron chi connectivity index (χ0n) is 24.6. The van der Waals surface area contributed by atoms with Crippen molar-refractivity contribution in [2.45, 2.75) is 52.6 Å². The van der Waals surface area contributed by atoms with Gasteiger partial charge in [-0.1, -0.05) is 49.2 Å². The topological polar surface area (TPSA) is 59.7 Å². The van der Waals surface area contributed by atoms with E-state index in [0.29, 0.717) is 0 Å². The van der Waals surface area contributed by atoms with Crippen LogP contribution in [0.3, 0.4) is 0 Å². The van der Waals surface area contributed by atoms with Gasteiger partial charge in [0.05, 0.1) is 33.8 Å². The Balaban J connectivity index is 0.00000337. The second-order valence-electron chi connectivity index (χ2n) is 11.1. The van der Waals surface area contributed by atoms with Crippen LogP contribution in [0.1, 0.15) is 48.5 Å². The summed E-state index contributed by atoms with van der Waals surface area (Å²) in [7, 11) is 4.27. The highest BCUT2D eigenvalue weighted by Crippen LogP contribution is 2.31. The molecule has 6 aromatic rings. The van der Waals surface area contributed by atoms with Gasteiger partial charge in [0.1, 0.15) is 0 Å². The number of para-hydroxylation sites is 2. The maximum atomic E-state index is 4.89. The van der Waals surface area contributed by atoms with Gasteiger partial charge in [-0.15, -0.1) is 12.4 Å². The molecule has 4 aromatic heterocycles. The minimum absolute atomic E-state index is 0. The Morgan fingerprint density at radius 2 is 1.00 bits per heavy atom. The van der Waals surface area contributed by atoms with E-state index in [0.717, 1.165) is 49.0 Å². The van der Waals surface area contributed by atoms with Crippen LogP contribution in [0.4, 0.5) is 0 Å². The third kappa shape index (κ3) is 5.69. The third-order valence-electron chi connectivity index (χ3n) is 8.29. The van der Waals surface area contributed by atoms with E-state index >= 15 is 0 Å². The second kappa shape index (κ2) is 12.6. The number of unbranched alkanes of at least 4 members (excludes halogenated alkanes) is 3. The monoisotopic (exact) mass is 568 g/mol.